The molecule has 0 spiro atoms. The van der Waals surface area contributed by atoms with Crippen LogP contribution in [-0.2, 0) is 4.79 Å². The van der Waals surface area contributed by atoms with Crippen molar-refractivity contribution in [2.45, 2.75) is 13.8 Å². The highest BCUT2D eigenvalue weighted by molar-refractivity contribution is 6.09. The van der Waals surface area contributed by atoms with E-state index in [2.05, 4.69) is 10.6 Å². The van der Waals surface area contributed by atoms with Crippen LogP contribution in [-0.4, -0.2) is 11.8 Å². The van der Waals surface area contributed by atoms with E-state index in [9.17, 15) is 14.0 Å². The lowest BCUT2D eigenvalue weighted by atomic mass is 9.99. The molecule has 4 nitrogen and oxygen atoms in total. The maximum Gasteiger partial charge on any atom is 0.256 e. The Kier molecular flexibility index (Phi) is 5.31. The first-order valence-electron chi connectivity index (χ1n) is 8.48. The topological polar surface area (TPSA) is 58.2 Å². The number of amides is 2. The van der Waals surface area contributed by atoms with Crippen molar-refractivity contribution >= 4 is 23.2 Å². The molecular weight excluding hydrogens is 343 g/mol. The molecule has 2 amide bonds. The van der Waals surface area contributed by atoms with E-state index in [0.29, 0.717) is 16.9 Å². The summed E-state index contributed by atoms with van der Waals surface area (Å²) in [6.07, 6.45) is 0. The summed E-state index contributed by atoms with van der Waals surface area (Å²) in [6, 6.07) is 18.7. The molecule has 0 aromatic heterocycles. The number of carbonyl (C=O) groups excluding carboxylic acids is 2. The summed E-state index contributed by atoms with van der Waals surface area (Å²) in [5, 5.41) is 5.52. The zero-order valence-electron chi connectivity index (χ0n) is 15.0. The van der Waals surface area contributed by atoms with Crippen molar-refractivity contribution < 1.29 is 14.0 Å². The minimum atomic E-state index is -0.475. The molecule has 0 atom stereocenters. The standard InChI is InChI=1S/C22H19FN2O2/c1-14-12-18(9-11-21(14)24-15(2)26)25-22(27)20-13-17(23)8-10-19(20)16-6-4-3-5-7-16/h3-13H,1-2H3,(H,24,26)(H,25,27). The predicted octanol–water partition coefficient (Wildman–Crippen LogP) is 5.01. The van der Waals surface area contributed by atoms with E-state index in [1.54, 1.807) is 24.3 Å². The second-order valence-electron chi connectivity index (χ2n) is 6.22. The molecule has 0 aliphatic carbocycles. The Balaban J connectivity index is 1.90. The number of carbonyl (C=O) groups is 2. The van der Waals surface area contributed by atoms with E-state index >= 15 is 0 Å². The Morgan fingerprint density at radius 1 is 0.889 bits per heavy atom. The van der Waals surface area contributed by atoms with Crippen LogP contribution in [0.15, 0.2) is 66.7 Å². The number of hydrogen-bond donors (Lipinski definition) is 2. The van der Waals surface area contributed by atoms with Crippen molar-refractivity contribution in [2.75, 3.05) is 10.6 Å². The largest absolute Gasteiger partial charge is 0.326 e. The minimum Gasteiger partial charge on any atom is -0.326 e. The molecule has 0 unspecified atom stereocenters. The van der Waals surface area contributed by atoms with E-state index in [1.165, 1.54) is 19.1 Å². The van der Waals surface area contributed by atoms with Gasteiger partial charge in [0.15, 0.2) is 0 Å². The highest BCUT2D eigenvalue weighted by Gasteiger charge is 2.15. The Labute approximate surface area is 157 Å². The molecule has 3 rings (SSSR count). The second-order valence-corrected chi connectivity index (χ2v) is 6.22. The van der Waals surface area contributed by atoms with Crippen LogP contribution in [0, 0.1) is 12.7 Å². The second kappa shape index (κ2) is 7.83. The molecule has 0 saturated carbocycles. The van der Waals surface area contributed by atoms with E-state index in [0.717, 1.165) is 11.1 Å². The predicted molar refractivity (Wildman–Crippen MR) is 105 cm³/mol. The number of hydrogen-bond acceptors (Lipinski definition) is 2. The van der Waals surface area contributed by atoms with Gasteiger partial charge in [0, 0.05) is 18.3 Å². The maximum atomic E-state index is 13.8. The monoisotopic (exact) mass is 362 g/mol. The maximum absolute atomic E-state index is 13.8. The number of nitrogens with one attached hydrogen (secondary N) is 2. The van der Waals surface area contributed by atoms with Crippen LogP contribution in [0.1, 0.15) is 22.8 Å². The van der Waals surface area contributed by atoms with Crippen molar-refractivity contribution in [2.24, 2.45) is 0 Å². The quantitative estimate of drug-likeness (QED) is 0.685. The van der Waals surface area contributed by atoms with Crippen molar-refractivity contribution in [1.29, 1.82) is 0 Å². The number of benzene rings is 3. The van der Waals surface area contributed by atoms with Crippen LogP contribution in [0.2, 0.25) is 0 Å². The minimum absolute atomic E-state index is 0.165. The molecule has 27 heavy (non-hydrogen) atoms. The molecule has 5 heteroatoms. The molecule has 0 radical (unpaired) electrons. The Hall–Kier alpha value is -3.47. The molecule has 0 heterocycles. The third kappa shape index (κ3) is 4.39. The van der Waals surface area contributed by atoms with E-state index in [-0.39, 0.29) is 11.5 Å². The molecule has 0 aliphatic heterocycles. The lowest BCUT2D eigenvalue weighted by Crippen LogP contribution is -2.14. The molecule has 3 aromatic rings. The van der Waals surface area contributed by atoms with Gasteiger partial charge in [0.05, 0.1) is 5.56 Å². The number of rotatable bonds is 4. The fourth-order valence-corrected chi connectivity index (χ4v) is 2.84. The summed E-state index contributed by atoms with van der Waals surface area (Å²) in [4.78, 5) is 24.0. The summed E-state index contributed by atoms with van der Waals surface area (Å²) in [6.45, 7) is 3.27. The van der Waals surface area contributed by atoms with Gasteiger partial charge in [0.1, 0.15) is 5.82 Å². The highest BCUT2D eigenvalue weighted by atomic mass is 19.1. The van der Waals surface area contributed by atoms with Gasteiger partial charge in [-0.1, -0.05) is 36.4 Å². The first kappa shape index (κ1) is 18.3. The number of anilines is 2. The first-order valence-corrected chi connectivity index (χ1v) is 8.48. The molecule has 0 fully saturated rings. The fraction of sp³-hybridized carbons (Fsp3) is 0.0909. The van der Waals surface area contributed by atoms with Crippen LogP contribution in [0.5, 0.6) is 0 Å². The van der Waals surface area contributed by atoms with E-state index < -0.39 is 11.7 Å². The molecule has 136 valence electrons. The Morgan fingerprint density at radius 3 is 2.30 bits per heavy atom. The average molecular weight is 362 g/mol. The summed E-state index contributed by atoms with van der Waals surface area (Å²) in [5.74, 6) is -1.04. The normalized spacial score (nSPS) is 10.3. The Morgan fingerprint density at radius 2 is 1.63 bits per heavy atom. The average Bonchev–Trinajstić information content (AvgIpc) is 2.64. The lowest BCUT2D eigenvalue weighted by molar-refractivity contribution is -0.114. The molecule has 0 bridgehead atoms. The van der Waals surface area contributed by atoms with Gasteiger partial charge < -0.3 is 10.6 Å². The zero-order chi connectivity index (χ0) is 19.4. The molecule has 0 aliphatic rings. The fourth-order valence-electron chi connectivity index (χ4n) is 2.84. The third-order valence-electron chi connectivity index (χ3n) is 4.11. The zero-order valence-corrected chi connectivity index (χ0v) is 15.0. The van der Waals surface area contributed by atoms with Gasteiger partial charge in [-0.2, -0.15) is 0 Å². The summed E-state index contributed by atoms with van der Waals surface area (Å²) in [7, 11) is 0. The van der Waals surface area contributed by atoms with Gasteiger partial charge >= 0.3 is 0 Å². The van der Waals surface area contributed by atoms with Crippen LogP contribution >= 0.6 is 0 Å². The summed E-state index contributed by atoms with van der Waals surface area (Å²) >= 11 is 0. The van der Waals surface area contributed by atoms with Crippen LogP contribution < -0.4 is 10.6 Å². The highest BCUT2D eigenvalue weighted by Crippen LogP contribution is 2.26. The van der Waals surface area contributed by atoms with Gasteiger partial charge in [-0.3, -0.25) is 9.59 Å². The van der Waals surface area contributed by atoms with E-state index in [1.807, 2.05) is 37.3 Å². The van der Waals surface area contributed by atoms with Gasteiger partial charge in [0.25, 0.3) is 5.91 Å². The van der Waals surface area contributed by atoms with Crippen molar-refractivity contribution in [1.82, 2.24) is 0 Å². The van der Waals surface area contributed by atoms with Crippen molar-refractivity contribution in [3.8, 4) is 11.1 Å². The third-order valence-corrected chi connectivity index (χ3v) is 4.11. The van der Waals surface area contributed by atoms with Gasteiger partial charge in [-0.25, -0.2) is 4.39 Å². The Bertz CT molecular complexity index is 1000. The summed E-state index contributed by atoms with van der Waals surface area (Å²) in [5.41, 5.74) is 3.79. The van der Waals surface area contributed by atoms with Crippen molar-refractivity contribution in [3.63, 3.8) is 0 Å². The van der Waals surface area contributed by atoms with Crippen molar-refractivity contribution in [3.05, 3.63) is 83.7 Å². The van der Waals surface area contributed by atoms with Crippen LogP contribution in [0.3, 0.4) is 0 Å². The molecule has 0 saturated heterocycles. The van der Waals surface area contributed by atoms with Gasteiger partial charge in [0.2, 0.25) is 5.91 Å². The SMILES string of the molecule is CC(=O)Nc1ccc(NC(=O)c2cc(F)ccc2-c2ccccc2)cc1C. The van der Waals surface area contributed by atoms with E-state index in [4.69, 9.17) is 0 Å². The molecular formula is C22H19FN2O2. The first-order chi connectivity index (χ1) is 12.9. The number of halogens is 1. The number of aryl methyl sites for hydroxylation is 1. The van der Waals surface area contributed by atoms with Gasteiger partial charge in [-0.05, 0) is 53.9 Å². The van der Waals surface area contributed by atoms with Crippen LogP contribution in [0.4, 0.5) is 15.8 Å². The smallest absolute Gasteiger partial charge is 0.256 e. The molecule has 3 aromatic carbocycles. The summed E-state index contributed by atoms with van der Waals surface area (Å²) < 4.78 is 13.8. The van der Waals surface area contributed by atoms with Gasteiger partial charge in [-0.15, -0.1) is 0 Å². The van der Waals surface area contributed by atoms with Crippen LogP contribution in [0.25, 0.3) is 11.1 Å². The molecule has 2 N–H and O–H groups in total. The lowest BCUT2D eigenvalue weighted by Gasteiger charge is -2.13.